The van der Waals surface area contributed by atoms with E-state index in [4.69, 9.17) is 0 Å². The quantitative estimate of drug-likeness (QED) is 0.899. The van der Waals surface area contributed by atoms with E-state index in [-0.39, 0.29) is 0 Å². The summed E-state index contributed by atoms with van der Waals surface area (Å²) in [4.78, 5) is 4.64. The highest BCUT2D eigenvalue weighted by Gasteiger charge is 2.28. The summed E-state index contributed by atoms with van der Waals surface area (Å²) in [5, 5.41) is 3.57. The topological polar surface area (TPSA) is 24.9 Å². The van der Waals surface area contributed by atoms with E-state index in [0.717, 1.165) is 13.1 Å². The molecule has 1 N–H and O–H groups in total. The van der Waals surface area contributed by atoms with E-state index in [9.17, 15) is 0 Å². The van der Waals surface area contributed by atoms with Gasteiger partial charge in [-0.25, -0.2) is 0 Å². The molecule has 0 saturated carbocycles. The third kappa shape index (κ3) is 2.04. The van der Waals surface area contributed by atoms with E-state index in [1.54, 1.807) is 5.56 Å². The Morgan fingerprint density at radius 3 is 2.95 bits per heavy atom. The van der Waals surface area contributed by atoms with Gasteiger partial charge in [0, 0.05) is 30.9 Å². The number of aryl methyl sites for hydroxylation is 1. The molecule has 0 radical (unpaired) electrons. The Hall–Kier alpha value is -1.67. The summed E-state index contributed by atoms with van der Waals surface area (Å²) in [6, 6.07) is 13.2. The molecule has 2 nitrogen and oxygen atoms in total. The molecule has 1 aromatic carbocycles. The molecule has 1 aliphatic carbocycles. The number of hydrogen-bond donors (Lipinski definition) is 1. The standard InChI is InChI=1S/C18H20N2/c1-2-6-17-15(4-1)11-19-12-16(17)10-14-8-7-13-5-3-9-20-18(13)14/h1-6,9,14,16,19H,7-8,10-12H2. The Kier molecular flexibility index (Phi) is 3.04. The summed E-state index contributed by atoms with van der Waals surface area (Å²) in [6.07, 6.45) is 5.65. The van der Waals surface area contributed by atoms with E-state index in [0.29, 0.717) is 11.8 Å². The van der Waals surface area contributed by atoms with E-state index in [1.165, 1.54) is 36.1 Å². The molecule has 102 valence electrons. The maximum Gasteiger partial charge on any atom is 0.0466 e. The van der Waals surface area contributed by atoms with E-state index in [2.05, 4.69) is 46.7 Å². The molecule has 2 aliphatic rings. The Labute approximate surface area is 120 Å². The van der Waals surface area contributed by atoms with Gasteiger partial charge in [-0.1, -0.05) is 30.3 Å². The van der Waals surface area contributed by atoms with E-state index >= 15 is 0 Å². The number of pyridine rings is 1. The van der Waals surface area contributed by atoms with Crippen molar-refractivity contribution in [3.8, 4) is 0 Å². The molecular weight excluding hydrogens is 244 g/mol. The minimum Gasteiger partial charge on any atom is -0.312 e. The van der Waals surface area contributed by atoms with Crippen molar-refractivity contribution >= 4 is 0 Å². The Bertz CT molecular complexity index is 620. The number of benzene rings is 1. The molecule has 20 heavy (non-hydrogen) atoms. The number of hydrogen-bond acceptors (Lipinski definition) is 2. The first kappa shape index (κ1) is 12.1. The van der Waals surface area contributed by atoms with Gasteiger partial charge in [0.25, 0.3) is 0 Å². The largest absolute Gasteiger partial charge is 0.312 e. The first-order chi connectivity index (χ1) is 9.92. The highest BCUT2D eigenvalue weighted by Crippen LogP contribution is 2.39. The summed E-state index contributed by atoms with van der Waals surface area (Å²) in [5.74, 6) is 1.28. The summed E-state index contributed by atoms with van der Waals surface area (Å²) < 4.78 is 0. The number of aromatic nitrogens is 1. The molecule has 2 aromatic rings. The van der Waals surface area contributed by atoms with Gasteiger partial charge in [-0.05, 0) is 47.9 Å². The molecule has 1 aliphatic heterocycles. The highest BCUT2D eigenvalue weighted by atomic mass is 14.9. The third-order valence-electron chi connectivity index (χ3n) is 4.85. The van der Waals surface area contributed by atoms with Crippen molar-refractivity contribution in [2.75, 3.05) is 6.54 Å². The maximum atomic E-state index is 4.64. The molecular formula is C18H20N2. The first-order valence-electron chi connectivity index (χ1n) is 7.64. The Morgan fingerprint density at radius 1 is 1.05 bits per heavy atom. The van der Waals surface area contributed by atoms with Gasteiger partial charge in [-0.15, -0.1) is 0 Å². The van der Waals surface area contributed by atoms with Gasteiger partial charge in [0.2, 0.25) is 0 Å². The summed E-state index contributed by atoms with van der Waals surface area (Å²) in [5.41, 5.74) is 5.85. The molecule has 2 heterocycles. The normalized spacial score (nSPS) is 24.2. The molecule has 4 rings (SSSR count). The van der Waals surface area contributed by atoms with Gasteiger partial charge in [0.05, 0.1) is 0 Å². The summed E-state index contributed by atoms with van der Waals surface area (Å²) >= 11 is 0. The average molecular weight is 264 g/mol. The van der Waals surface area contributed by atoms with Crippen molar-refractivity contribution in [2.45, 2.75) is 37.6 Å². The van der Waals surface area contributed by atoms with Gasteiger partial charge < -0.3 is 5.32 Å². The van der Waals surface area contributed by atoms with Crippen LogP contribution in [0, 0.1) is 0 Å². The van der Waals surface area contributed by atoms with Gasteiger partial charge in [0.1, 0.15) is 0 Å². The van der Waals surface area contributed by atoms with Crippen LogP contribution in [0.15, 0.2) is 42.6 Å². The monoisotopic (exact) mass is 264 g/mol. The van der Waals surface area contributed by atoms with Crippen molar-refractivity contribution in [3.05, 3.63) is 65.0 Å². The van der Waals surface area contributed by atoms with E-state index in [1.807, 2.05) is 6.20 Å². The minimum atomic E-state index is 0.637. The summed E-state index contributed by atoms with van der Waals surface area (Å²) in [7, 11) is 0. The van der Waals surface area contributed by atoms with Gasteiger partial charge in [-0.2, -0.15) is 0 Å². The van der Waals surface area contributed by atoms with Crippen molar-refractivity contribution < 1.29 is 0 Å². The molecule has 0 amide bonds. The zero-order chi connectivity index (χ0) is 13.4. The second-order valence-corrected chi connectivity index (χ2v) is 6.05. The van der Waals surface area contributed by atoms with Crippen molar-refractivity contribution in [3.63, 3.8) is 0 Å². The van der Waals surface area contributed by atoms with Crippen molar-refractivity contribution in [2.24, 2.45) is 0 Å². The molecule has 0 bridgehead atoms. The Balaban J connectivity index is 1.59. The van der Waals surface area contributed by atoms with Crippen LogP contribution < -0.4 is 5.32 Å². The van der Waals surface area contributed by atoms with Crippen LogP contribution in [0.3, 0.4) is 0 Å². The predicted octanol–water partition coefficient (Wildman–Crippen LogP) is 3.39. The van der Waals surface area contributed by atoms with Crippen LogP contribution in [-0.4, -0.2) is 11.5 Å². The zero-order valence-corrected chi connectivity index (χ0v) is 11.7. The second-order valence-electron chi connectivity index (χ2n) is 6.05. The predicted molar refractivity (Wildman–Crippen MR) is 80.8 cm³/mol. The smallest absolute Gasteiger partial charge is 0.0466 e. The van der Waals surface area contributed by atoms with Crippen molar-refractivity contribution in [1.82, 2.24) is 10.3 Å². The van der Waals surface area contributed by atoms with Crippen LogP contribution in [0.2, 0.25) is 0 Å². The lowest BCUT2D eigenvalue weighted by Gasteiger charge is -2.28. The van der Waals surface area contributed by atoms with E-state index < -0.39 is 0 Å². The lowest BCUT2D eigenvalue weighted by atomic mass is 9.83. The molecule has 2 heteroatoms. The third-order valence-corrected chi connectivity index (χ3v) is 4.85. The second kappa shape index (κ2) is 5.02. The van der Waals surface area contributed by atoms with Crippen LogP contribution in [0.25, 0.3) is 0 Å². The molecule has 2 unspecified atom stereocenters. The molecule has 0 spiro atoms. The van der Waals surface area contributed by atoms with Crippen molar-refractivity contribution in [1.29, 1.82) is 0 Å². The number of rotatable bonds is 2. The van der Waals surface area contributed by atoms with Gasteiger partial charge >= 0.3 is 0 Å². The molecule has 1 aromatic heterocycles. The van der Waals surface area contributed by atoms with Gasteiger partial charge in [-0.3, -0.25) is 4.98 Å². The van der Waals surface area contributed by atoms with Crippen LogP contribution in [0.5, 0.6) is 0 Å². The first-order valence-corrected chi connectivity index (χ1v) is 7.64. The van der Waals surface area contributed by atoms with Gasteiger partial charge in [0.15, 0.2) is 0 Å². The number of fused-ring (bicyclic) bond motifs is 2. The highest BCUT2D eigenvalue weighted by molar-refractivity contribution is 5.34. The number of nitrogens with one attached hydrogen (secondary N) is 1. The molecule has 0 fully saturated rings. The maximum absolute atomic E-state index is 4.64. The fourth-order valence-electron chi connectivity index (χ4n) is 3.86. The zero-order valence-electron chi connectivity index (χ0n) is 11.7. The fraction of sp³-hybridized carbons (Fsp3) is 0.389. The number of nitrogens with zero attached hydrogens (tertiary/aromatic N) is 1. The average Bonchev–Trinajstić information content (AvgIpc) is 2.91. The lowest BCUT2D eigenvalue weighted by Crippen LogP contribution is -2.29. The van der Waals surface area contributed by atoms with Crippen LogP contribution in [-0.2, 0) is 13.0 Å². The fourth-order valence-corrected chi connectivity index (χ4v) is 3.86. The van der Waals surface area contributed by atoms with Crippen LogP contribution in [0.4, 0.5) is 0 Å². The molecule has 2 atom stereocenters. The molecule has 0 saturated heterocycles. The Morgan fingerprint density at radius 2 is 1.95 bits per heavy atom. The minimum absolute atomic E-state index is 0.637. The lowest BCUT2D eigenvalue weighted by molar-refractivity contribution is 0.464. The van der Waals surface area contributed by atoms with Crippen LogP contribution in [0.1, 0.15) is 47.1 Å². The SMILES string of the molecule is c1ccc2c(c1)CNCC2CC1CCc2cccnc21. The van der Waals surface area contributed by atoms with Crippen LogP contribution >= 0.6 is 0 Å². The summed E-state index contributed by atoms with van der Waals surface area (Å²) in [6.45, 7) is 2.13.